The summed E-state index contributed by atoms with van der Waals surface area (Å²) in [5.41, 5.74) is 0.219. The van der Waals surface area contributed by atoms with Gasteiger partial charge < -0.3 is 4.74 Å². The molecule has 0 saturated heterocycles. The summed E-state index contributed by atoms with van der Waals surface area (Å²) in [6, 6.07) is 12.1. The first-order valence-electron chi connectivity index (χ1n) is 9.03. The molecule has 2 aromatic carbocycles. The van der Waals surface area contributed by atoms with Gasteiger partial charge in [-0.1, -0.05) is 35.4 Å². The highest BCUT2D eigenvalue weighted by molar-refractivity contribution is 7.89. The van der Waals surface area contributed by atoms with Crippen LogP contribution in [0.4, 0.5) is 0 Å². The molecule has 0 bridgehead atoms. The molecule has 1 unspecified atom stereocenters. The van der Waals surface area contributed by atoms with Crippen molar-refractivity contribution in [2.75, 3.05) is 13.2 Å². The minimum Gasteiger partial charge on any atom is -0.464 e. The Bertz CT molecular complexity index is 1090. The van der Waals surface area contributed by atoms with Gasteiger partial charge in [0.05, 0.1) is 21.9 Å². The van der Waals surface area contributed by atoms with Crippen LogP contribution < -0.4 is 4.72 Å². The van der Waals surface area contributed by atoms with Crippen LogP contribution >= 0.6 is 0 Å². The van der Waals surface area contributed by atoms with Gasteiger partial charge in [0.2, 0.25) is 10.0 Å². The van der Waals surface area contributed by atoms with E-state index < -0.39 is 44.9 Å². The molecule has 0 radical (unpaired) electrons. The van der Waals surface area contributed by atoms with E-state index in [9.17, 15) is 21.6 Å². The van der Waals surface area contributed by atoms with E-state index in [0.717, 1.165) is 11.1 Å². The number of sulfonamides is 1. The molecule has 1 atom stereocenters. The van der Waals surface area contributed by atoms with E-state index in [0.29, 0.717) is 0 Å². The van der Waals surface area contributed by atoms with Gasteiger partial charge in [0, 0.05) is 6.92 Å². The van der Waals surface area contributed by atoms with Gasteiger partial charge in [-0.25, -0.2) is 8.42 Å². The monoisotopic (exact) mass is 455 g/mol. The normalized spacial score (nSPS) is 14.1. The minimum absolute atomic E-state index is 0.0106. The summed E-state index contributed by atoms with van der Waals surface area (Å²) in [6.07, 6.45) is 0. The van der Waals surface area contributed by atoms with Crippen molar-refractivity contribution in [1.29, 1.82) is 0 Å². The van der Waals surface area contributed by atoms with Gasteiger partial charge in [-0.15, -0.1) is 0 Å². The molecule has 0 saturated carbocycles. The first-order chi connectivity index (χ1) is 13.8. The maximum atomic E-state index is 12.8. The topological polar surface area (TPSA) is 116 Å². The maximum Gasteiger partial charge on any atom is 0.302 e. The number of hydrogen-bond acceptors (Lipinski definition) is 7. The second-order valence-electron chi connectivity index (χ2n) is 7.29. The molecule has 0 fully saturated rings. The van der Waals surface area contributed by atoms with Crippen LogP contribution in [0.25, 0.3) is 0 Å². The van der Waals surface area contributed by atoms with Crippen molar-refractivity contribution in [3.8, 4) is 0 Å². The van der Waals surface area contributed by atoms with Gasteiger partial charge in [0.25, 0.3) is 10.1 Å². The molecule has 0 spiro atoms. The molecule has 2 rings (SSSR count). The summed E-state index contributed by atoms with van der Waals surface area (Å²) < 4.78 is 63.0. The summed E-state index contributed by atoms with van der Waals surface area (Å²) in [4.78, 5) is 11.2. The number of carbonyl (C=O) groups is 1. The lowest BCUT2D eigenvalue weighted by Crippen LogP contribution is -2.53. The lowest BCUT2D eigenvalue weighted by Gasteiger charge is -2.29. The van der Waals surface area contributed by atoms with E-state index in [1.165, 1.54) is 38.1 Å². The van der Waals surface area contributed by atoms with Gasteiger partial charge in [-0.2, -0.15) is 13.1 Å². The van der Waals surface area contributed by atoms with Crippen LogP contribution in [0.15, 0.2) is 58.3 Å². The zero-order valence-corrected chi connectivity index (χ0v) is 18.8. The molecular weight excluding hydrogens is 430 g/mol. The first kappa shape index (κ1) is 24.0. The predicted octanol–water partition coefficient (Wildman–Crippen LogP) is 2.31. The second-order valence-corrected chi connectivity index (χ2v) is 10.6. The molecule has 0 heterocycles. The van der Waals surface area contributed by atoms with Crippen LogP contribution in [-0.4, -0.2) is 41.6 Å². The fraction of sp³-hybridized carbons (Fsp3) is 0.350. The molecule has 0 aliphatic carbocycles. The molecule has 2 aromatic rings. The Kier molecular flexibility index (Phi) is 7.40. The summed E-state index contributed by atoms with van der Waals surface area (Å²) in [6.45, 7) is 5.19. The van der Waals surface area contributed by atoms with Crippen molar-refractivity contribution in [2.45, 2.75) is 43.0 Å². The number of benzene rings is 2. The lowest BCUT2D eigenvalue weighted by atomic mass is 10.1. The van der Waals surface area contributed by atoms with Crippen molar-refractivity contribution in [2.24, 2.45) is 0 Å². The Balaban J connectivity index is 2.26. The summed E-state index contributed by atoms with van der Waals surface area (Å²) >= 11 is 0. The van der Waals surface area contributed by atoms with Crippen molar-refractivity contribution in [1.82, 2.24) is 4.72 Å². The van der Waals surface area contributed by atoms with E-state index in [1.54, 1.807) is 24.3 Å². The van der Waals surface area contributed by atoms with Gasteiger partial charge >= 0.3 is 5.97 Å². The zero-order valence-electron chi connectivity index (χ0n) is 17.2. The van der Waals surface area contributed by atoms with E-state index >= 15 is 0 Å². The van der Waals surface area contributed by atoms with Crippen molar-refractivity contribution < 1.29 is 30.6 Å². The van der Waals surface area contributed by atoms with Crippen LogP contribution in [0.3, 0.4) is 0 Å². The molecule has 0 aliphatic rings. The molecule has 0 aromatic heterocycles. The largest absolute Gasteiger partial charge is 0.464 e. The summed E-state index contributed by atoms with van der Waals surface area (Å²) in [5, 5.41) is 0. The average Bonchev–Trinajstić information content (AvgIpc) is 2.65. The standard InChI is InChI=1S/C20H25NO7S2/c1-15-5-9-18(10-6-15)29(23,24)21-20(4,13-27-17(3)22)14-28-30(25,26)19-11-7-16(2)8-12-19/h5-12,21H,13-14H2,1-4H3. The van der Waals surface area contributed by atoms with E-state index in [4.69, 9.17) is 8.92 Å². The molecule has 30 heavy (non-hydrogen) atoms. The molecule has 164 valence electrons. The highest BCUT2D eigenvalue weighted by Crippen LogP contribution is 2.19. The van der Waals surface area contributed by atoms with Crippen molar-refractivity contribution in [3.05, 3.63) is 59.7 Å². The number of esters is 1. The maximum absolute atomic E-state index is 12.8. The molecule has 8 nitrogen and oxygen atoms in total. The van der Waals surface area contributed by atoms with Crippen molar-refractivity contribution in [3.63, 3.8) is 0 Å². The minimum atomic E-state index is -4.15. The molecule has 0 aliphatic heterocycles. The number of hydrogen-bond donors (Lipinski definition) is 1. The van der Waals surface area contributed by atoms with Crippen LogP contribution in [0.1, 0.15) is 25.0 Å². The SMILES string of the molecule is CC(=O)OCC(C)(COS(=O)(=O)c1ccc(C)cc1)NS(=O)(=O)c1ccc(C)cc1. The van der Waals surface area contributed by atoms with Crippen LogP contribution in [0.5, 0.6) is 0 Å². The van der Waals surface area contributed by atoms with E-state index in [1.807, 2.05) is 13.8 Å². The molecule has 0 amide bonds. The molecule has 10 heteroatoms. The summed E-state index contributed by atoms with van der Waals surface area (Å²) in [7, 11) is -8.19. The van der Waals surface area contributed by atoms with Gasteiger partial charge in [0.15, 0.2) is 0 Å². The summed E-state index contributed by atoms with van der Waals surface area (Å²) in [5.74, 6) is -0.642. The van der Waals surface area contributed by atoms with Crippen LogP contribution in [0.2, 0.25) is 0 Å². The number of carbonyl (C=O) groups excluding carboxylic acids is 1. The van der Waals surface area contributed by atoms with E-state index in [-0.39, 0.29) is 9.79 Å². The predicted molar refractivity (Wildman–Crippen MR) is 111 cm³/mol. The first-order valence-corrected chi connectivity index (χ1v) is 11.9. The number of aryl methyl sites for hydroxylation is 2. The Morgan fingerprint density at radius 2 is 1.33 bits per heavy atom. The lowest BCUT2D eigenvalue weighted by molar-refractivity contribution is -0.143. The fourth-order valence-corrected chi connectivity index (χ4v) is 4.84. The number of ether oxygens (including phenoxy) is 1. The number of rotatable bonds is 9. The Labute approximate surface area is 177 Å². The third-order valence-electron chi connectivity index (χ3n) is 4.15. The smallest absolute Gasteiger partial charge is 0.302 e. The van der Waals surface area contributed by atoms with Crippen LogP contribution in [0, 0.1) is 13.8 Å². The van der Waals surface area contributed by atoms with Gasteiger partial charge in [-0.05, 0) is 45.0 Å². The van der Waals surface area contributed by atoms with E-state index in [2.05, 4.69) is 4.72 Å². The Morgan fingerprint density at radius 3 is 1.80 bits per heavy atom. The molecular formula is C20H25NO7S2. The highest BCUT2D eigenvalue weighted by Gasteiger charge is 2.34. The molecule has 1 N–H and O–H groups in total. The fourth-order valence-electron chi connectivity index (χ4n) is 2.44. The van der Waals surface area contributed by atoms with Gasteiger partial charge in [-0.3, -0.25) is 8.98 Å². The third kappa shape index (κ3) is 6.63. The zero-order chi connectivity index (χ0) is 22.6. The Hall–Kier alpha value is -2.27. The van der Waals surface area contributed by atoms with Crippen molar-refractivity contribution >= 4 is 26.1 Å². The van der Waals surface area contributed by atoms with Crippen LogP contribution in [-0.2, 0) is 33.9 Å². The third-order valence-corrected chi connectivity index (χ3v) is 7.08. The van der Waals surface area contributed by atoms with Gasteiger partial charge in [0.1, 0.15) is 6.61 Å². The average molecular weight is 456 g/mol. The second kappa shape index (κ2) is 9.25. The Morgan fingerprint density at radius 1 is 0.867 bits per heavy atom. The number of nitrogens with one attached hydrogen (secondary N) is 1. The quantitative estimate of drug-likeness (QED) is 0.456. The highest BCUT2D eigenvalue weighted by atomic mass is 32.2.